The molecule has 0 heterocycles. The first-order chi connectivity index (χ1) is 9.01. The van der Waals surface area contributed by atoms with Crippen LogP contribution in [0.3, 0.4) is 0 Å². The summed E-state index contributed by atoms with van der Waals surface area (Å²) in [6.45, 7) is 9.30. The normalized spacial score (nSPS) is 13.3. The standard InChI is InChI=1S/C12H27NO5Si/c1-5-16-19(17-6-2,18-7-3)10-8-9-13-12(15)11(4)14/h11,14H,5-10H2,1-4H3,(H,13,15). The average molecular weight is 293 g/mol. The summed E-state index contributed by atoms with van der Waals surface area (Å²) in [6.07, 6.45) is -0.280. The first-order valence-corrected chi connectivity index (χ1v) is 8.82. The molecular formula is C12H27NO5Si. The quantitative estimate of drug-likeness (QED) is 0.437. The molecule has 0 aromatic carbocycles. The molecule has 0 aliphatic carbocycles. The highest BCUT2D eigenvalue weighted by molar-refractivity contribution is 6.60. The lowest BCUT2D eigenvalue weighted by molar-refractivity contribution is -0.128. The summed E-state index contributed by atoms with van der Waals surface area (Å²) in [5, 5.41) is 11.7. The molecule has 0 saturated carbocycles. The van der Waals surface area contributed by atoms with Crippen molar-refractivity contribution in [1.82, 2.24) is 5.32 Å². The van der Waals surface area contributed by atoms with Crippen molar-refractivity contribution in [3.05, 3.63) is 0 Å². The van der Waals surface area contributed by atoms with E-state index < -0.39 is 14.9 Å². The molecule has 1 amide bonds. The number of rotatable bonds is 11. The van der Waals surface area contributed by atoms with Gasteiger partial charge in [-0.1, -0.05) is 0 Å². The first kappa shape index (κ1) is 18.5. The second-order valence-corrected chi connectivity index (χ2v) is 6.78. The molecule has 2 N–H and O–H groups in total. The van der Waals surface area contributed by atoms with Crippen molar-refractivity contribution in [2.24, 2.45) is 0 Å². The summed E-state index contributed by atoms with van der Waals surface area (Å²) in [5.74, 6) is -0.364. The minimum absolute atomic E-state index is 0.364. The van der Waals surface area contributed by atoms with E-state index in [1.54, 1.807) is 0 Å². The molecule has 114 valence electrons. The Hall–Kier alpha value is -0.473. The molecule has 0 rings (SSSR count). The number of carbonyl (C=O) groups is 1. The molecule has 0 spiro atoms. The fourth-order valence-electron chi connectivity index (χ4n) is 1.67. The van der Waals surface area contributed by atoms with Crippen LogP contribution in [0.25, 0.3) is 0 Å². The number of hydrogen-bond acceptors (Lipinski definition) is 5. The molecule has 0 aliphatic rings. The maximum Gasteiger partial charge on any atom is 0.500 e. The molecule has 1 unspecified atom stereocenters. The Balaban J connectivity index is 4.20. The Morgan fingerprint density at radius 2 is 1.63 bits per heavy atom. The van der Waals surface area contributed by atoms with E-state index in [0.29, 0.717) is 38.8 Å². The van der Waals surface area contributed by atoms with Crippen molar-refractivity contribution in [3.63, 3.8) is 0 Å². The third kappa shape index (κ3) is 7.63. The van der Waals surface area contributed by atoms with E-state index in [2.05, 4.69) is 5.32 Å². The number of amides is 1. The zero-order valence-corrected chi connectivity index (χ0v) is 13.4. The molecule has 19 heavy (non-hydrogen) atoms. The Bertz CT molecular complexity index is 233. The van der Waals surface area contributed by atoms with Crippen LogP contribution in [0.4, 0.5) is 0 Å². The van der Waals surface area contributed by atoms with Crippen LogP contribution in [0.1, 0.15) is 34.1 Å². The predicted molar refractivity (Wildman–Crippen MR) is 74.7 cm³/mol. The Labute approximate surface area is 116 Å². The molecule has 0 aliphatic heterocycles. The van der Waals surface area contributed by atoms with E-state index in [4.69, 9.17) is 18.4 Å². The van der Waals surface area contributed by atoms with Crippen LogP contribution in [0.15, 0.2) is 0 Å². The van der Waals surface area contributed by atoms with Gasteiger partial charge in [-0.3, -0.25) is 4.79 Å². The van der Waals surface area contributed by atoms with Gasteiger partial charge in [0.1, 0.15) is 6.10 Å². The SMILES string of the molecule is CCO[Si](CCCNC(=O)C(C)O)(OCC)OCC. The van der Waals surface area contributed by atoms with Gasteiger partial charge in [0.15, 0.2) is 0 Å². The van der Waals surface area contributed by atoms with Crippen LogP contribution in [0, 0.1) is 0 Å². The predicted octanol–water partition coefficient (Wildman–Crippen LogP) is 0.922. The number of aliphatic hydroxyl groups is 1. The number of carbonyl (C=O) groups excluding carboxylic acids is 1. The summed E-state index contributed by atoms with van der Waals surface area (Å²) in [6, 6.07) is 0.655. The maximum atomic E-state index is 11.2. The van der Waals surface area contributed by atoms with Crippen LogP contribution >= 0.6 is 0 Å². The topological polar surface area (TPSA) is 77.0 Å². The highest BCUT2D eigenvalue weighted by Gasteiger charge is 2.39. The monoisotopic (exact) mass is 293 g/mol. The lowest BCUT2D eigenvalue weighted by Gasteiger charge is -2.28. The molecule has 0 saturated heterocycles. The van der Waals surface area contributed by atoms with Crippen molar-refractivity contribution in [2.75, 3.05) is 26.4 Å². The van der Waals surface area contributed by atoms with Crippen molar-refractivity contribution in [2.45, 2.75) is 46.3 Å². The molecular weight excluding hydrogens is 266 g/mol. The fraction of sp³-hybridized carbons (Fsp3) is 0.917. The first-order valence-electron chi connectivity index (χ1n) is 6.89. The van der Waals surface area contributed by atoms with Crippen LogP contribution < -0.4 is 5.32 Å². The Kier molecular flexibility index (Phi) is 10.1. The van der Waals surface area contributed by atoms with Gasteiger partial charge >= 0.3 is 8.80 Å². The molecule has 0 bridgehead atoms. The van der Waals surface area contributed by atoms with E-state index in [1.165, 1.54) is 6.92 Å². The van der Waals surface area contributed by atoms with Crippen LogP contribution in [-0.2, 0) is 18.1 Å². The molecule has 7 heteroatoms. The highest BCUT2D eigenvalue weighted by atomic mass is 28.4. The van der Waals surface area contributed by atoms with E-state index in [9.17, 15) is 4.79 Å². The summed E-state index contributed by atoms with van der Waals surface area (Å²) in [4.78, 5) is 11.2. The summed E-state index contributed by atoms with van der Waals surface area (Å²) in [5.41, 5.74) is 0. The van der Waals surface area contributed by atoms with Gasteiger partial charge in [-0.15, -0.1) is 0 Å². The molecule has 1 atom stereocenters. The summed E-state index contributed by atoms with van der Waals surface area (Å²) < 4.78 is 17.1. The maximum absolute atomic E-state index is 11.2. The largest absolute Gasteiger partial charge is 0.500 e. The molecule has 6 nitrogen and oxygen atoms in total. The zero-order valence-electron chi connectivity index (χ0n) is 12.4. The summed E-state index contributed by atoms with van der Waals surface area (Å²) in [7, 11) is -2.61. The van der Waals surface area contributed by atoms with Gasteiger partial charge in [0.05, 0.1) is 0 Å². The van der Waals surface area contributed by atoms with Crippen molar-refractivity contribution in [3.8, 4) is 0 Å². The van der Waals surface area contributed by atoms with Crippen LogP contribution in [0.2, 0.25) is 6.04 Å². The fourth-order valence-corrected chi connectivity index (χ4v) is 4.28. The lowest BCUT2D eigenvalue weighted by Crippen LogP contribution is -2.46. The average Bonchev–Trinajstić information content (AvgIpc) is 2.35. The number of nitrogens with one attached hydrogen (secondary N) is 1. The minimum Gasteiger partial charge on any atom is -0.384 e. The second-order valence-electron chi connectivity index (χ2n) is 4.05. The van der Waals surface area contributed by atoms with Gasteiger partial charge in [-0.05, 0) is 34.1 Å². The van der Waals surface area contributed by atoms with E-state index >= 15 is 0 Å². The number of aliphatic hydroxyl groups excluding tert-OH is 1. The Morgan fingerprint density at radius 1 is 1.16 bits per heavy atom. The molecule has 0 radical (unpaired) electrons. The molecule has 0 aromatic heterocycles. The van der Waals surface area contributed by atoms with Gasteiger partial charge in [0, 0.05) is 32.4 Å². The minimum atomic E-state index is -2.61. The highest BCUT2D eigenvalue weighted by Crippen LogP contribution is 2.17. The molecule has 0 aromatic rings. The van der Waals surface area contributed by atoms with Gasteiger partial charge in [0.25, 0.3) is 0 Å². The van der Waals surface area contributed by atoms with Gasteiger partial charge in [-0.25, -0.2) is 0 Å². The molecule has 0 fully saturated rings. The zero-order chi connectivity index (χ0) is 14.7. The van der Waals surface area contributed by atoms with Gasteiger partial charge < -0.3 is 23.7 Å². The van der Waals surface area contributed by atoms with E-state index in [0.717, 1.165) is 0 Å². The number of hydrogen-bond donors (Lipinski definition) is 2. The van der Waals surface area contributed by atoms with E-state index in [-0.39, 0.29) is 5.91 Å². The smallest absolute Gasteiger partial charge is 0.384 e. The van der Waals surface area contributed by atoms with Gasteiger partial charge in [-0.2, -0.15) is 0 Å². The lowest BCUT2D eigenvalue weighted by atomic mass is 10.3. The van der Waals surface area contributed by atoms with Crippen LogP contribution in [0.5, 0.6) is 0 Å². The van der Waals surface area contributed by atoms with Crippen molar-refractivity contribution < 1.29 is 23.2 Å². The third-order valence-electron chi connectivity index (χ3n) is 2.43. The van der Waals surface area contributed by atoms with Crippen molar-refractivity contribution in [1.29, 1.82) is 0 Å². The Morgan fingerprint density at radius 3 is 2.00 bits per heavy atom. The third-order valence-corrected chi connectivity index (χ3v) is 5.58. The van der Waals surface area contributed by atoms with E-state index in [1.807, 2.05) is 20.8 Å². The second kappa shape index (κ2) is 10.3. The van der Waals surface area contributed by atoms with Crippen LogP contribution in [-0.4, -0.2) is 52.3 Å². The summed E-state index contributed by atoms with van der Waals surface area (Å²) >= 11 is 0. The van der Waals surface area contributed by atoms with Gasteiger partial charge in [0.2, 0.25) is 5.91 Å². The van der Waals surface area contributed by atoms with Crippen molar-refractivity contribution >= 4 is 14.7 Å².